The zero-order chi connectivity index (χ0) is 29.1. The first kappa shape index (κ1) is 28.7. The number of rotatable bonds is 9. The van der Waals surface area contributed by atoms with Gasteiger partial charge in [0.2, 0.25) is 5.78 Å². The number of ether oxygens (including phenoxy) is 1. The van der Waals surface area contributed by atoms with Crippen molar-refractivity contribution in [2.75, 3.05) is 6.61 Å². The molecular formula is C32H36FN5O3. The van der Waals surface area contributed by atoms with Crippen molar-refractivity contribution < 1.29 is 14.2 Å². The van der Waals surface area contributed by atoms with Crippen LogP contribution in [0.4, 0.5) is 4.39 Å². The molecule has 1 saturated carbocycles. The van der Waals surface area contributed by atoms with Crippen LogP contribution in [0.1, 0.15) is 81.3 Å². The lowest BCUT2D eigenvalue weighted by Gasteiger charge is -2.32. The number of hydrogen-bond acceptors (Lipinski definition) is 6. The predicted molar refractivity (Wildman–Crippen MR) is 154 cm³/mol. The molecule has 1 aliphatic carbocycles. The first-order valence-electron chi connectivity index (χ1n) is 14.3. The Hall–Kier alpha value is -3.87. The van der Waals surface area contributed by atoms with Crippen LogP contribution in [0, 0.1) is 17.1 Å². The molecule has 0 unspecified atom stereocenters. The summed E-state index contributed by atoms with van der Waals surface area (Å²) in [4.78, 5) is 18.6. The summed E-state index contributed by atoms with van der Waals surface area (Å²) in [5.74, 6) is 0.0893. The summed E-state index contributed by atoms with van der Waals surface area (Å²) in [5.41, 5.74) is 2.36. The zero-order valence-corrected chi connectivity index (χ0v) is 23.8. The topological polar surface area (TPSA) is 105 Å². The fraction of sp³-hybridized carbons (Fsp3) is 0.438. The Bertz CT molecular complexity index is 1640. The Morgan fingerprint density at radius 1 is 1.15 bits per heavy atom. The molecule has 1 N–H and O–H groups in total. The molecule has 0 saturated heterocycles. The Morgan fingerprint density at radius 3 is 2.59 bits per heavy atom. The highest BCUT2D eigenvalue weighted by Gasteiger charge is 2.29. The minimum atomic E-state index is -0.887. The van der Waals surface area contributed by atoms with Crippen molar-refractivity contribution >= 4 is 5.78 Å². The van der Waals surface area contributed by atoms with Gasteiger partial charge in [0, 0.05) is 29.2 Å². The van der Waals surface area contributed by atoms with Gasteiger partial charge in [0.25, 0.3) is 5.56 Å². The van der Waals surface area contributed by atoms with E-state index in [2.05, 4.69) is 16.2 Å². The van der Waals surface area contributed by atoms with Gasteiger partial charge in [-0.3, -0.25) is 9.36 Å². The van der Waals surface area contributed by atoms with Gasteiger partial charge in [-0.2, -0.15) is 15.3 Å². The lowest BCUT2D eigenvalue weighted by Crippen LogP contribution is -2.36. The average molecular weight is 558 g/mol. The van der Waals surface area contributed by atoms with Gasteiger partial charge in [-0.05, 0) is 63.6 Å². The second kappa shape index (κ2) is 11.9. The van der Waals surface area contributed by atoms with Crippen LogP contribution < -0.4 is 5.56 Å². The Morgan fingerprint density at radius 2 is 1.90 bits per heavy atom. The fourth-order valence-electron chi connectivity index (χ4n) is 5.78. The lowest BCUT2D eigenvalue weighted by molar-refractivity contribution is -0.0654. The molecule has 2 aromatic heterocycles. The summed E-state index contributed by atoms with van der Waals surface area (Å²) in [6, 6.07) is 14.0. The van der Waals surface area contributed by atoms with Crippen LogP contribution in [-0.4, -0.2) is 42.6 Å². The molecule has 0 radical (unpaired) electrons. The van der Waals surface area contributed by atoms with Gasteiger partial charge in [-0.1, -0.05) is 43.7 Å². The standard InChI is InChI=1S/C32H36FN5O3/c1-4-7-29-27(16-21-10-15-26(28(33)17-21)25-9-6-5-8-22(25)18-34)30(39)37(31-35-20-36-38(29)31)23-11-13-24(14-12-23)41-19-32(2,3)40/h5-6,8-10,15,17,20,23-24,40H,4,7,11-14,16,19H2,1-3H3/t23-,24-. The molecule has 0 amide bonds. The second-order valence-electron chi connectivity index (χ2n) is 11.5. The van der Waals surface area contributed by atoms with E-state index in [-0.39, 0.29) is 30.7 Å². The van der Waals surface area contributed by atoms with E-state index in [4.69, 9.17) is 4.74 Å². The molecule has 1 aliphatic rings. The van der Waals surface area contributed by atoms with Crippen molar-refractivity contribution in [3.8, 4) is 17.2 Å². The molecule has 41 heavy (non-hydrogen) atoms. The number of nitriles is 1. The van der Waals surface area contributed by atoms with E-state index in [1.54, 1.807) is 53.3 Å². The van der Waals surface area contributed by atoms with E-state index in [1.165, 1.54) is 12.4 Å². The van der Waals surface area contributed by atoms with Gasteiger partial charge in [-0.15, -0.1) is 0 Å². The van der Waals surface area contributed by atoms with Gasteiger partial charge >= 0.3 is 0 Å². The van der Waals surface area contributed by atoms with E-state index >= 15 is 4.39 Å². The van der Waals surface area contributed by atoms with E-state index < -0.39 is 11.4 Å². The first-order chi connectivity index (χ1) is 19.7. The average Bonchev–Trinajstić information content (AvgIpc) is 3.43. The van der Waals surface area contributed by atoms with Crippen molar-refractivity contribution in [1.29, 1.82) is 5.26 Å². The van der Waals surface area contributed by atoms with Crippen molar-refractivity contribution in [2.45, 2.75) is 83.5 Å². The quantitative estimate of drug-likeness (QED) is 0.296. The van der Waals surface area contributed by atoms with Crippen molar-refractivity contribution in [2.24, 2.45) is 0 Å². The first-order valence-corrected chi connectivity index (χ1v) is 14.3. The molecule has 1 fully saturated rings. The summed E-state index contributed by atoms with van der Waals surface area (Å²) in [6.07, 6.45) is 6.26. The maximum Gasteiger partial charge on any atom is 0.259 e. The smallest absolute Gasteiger partial charge is 0.259 e. The highest BCUT2D eigenvalue weighted by molar-refractivity contribution is 5.71. The van der Waals surface area contributed by atoms with Gasteiger partial charge in [0.05, 0.1) is 35.6 Å². The number of aryl methyl sites for hydroxylation is 1. The third-order valence-corrected chi connectivity index (χ3v) is 7.75. The Balaban J connectivity index is 1.48. The van der Waals surface area contributed by atoms with E-state index in [9.17, 15) is 15.2 Å². The third kappa shape index (κ3) is 6.09. The largest absolute Gasteiger partial charge is 0.388 e. The third-order valence-electron chi connectivity index (χ3n) is 7.75. The zero-order valence-electron chi connectivity index (χ0n) is 23.8. The second-order valence-corrected chi connectivity index (χ2v) is 11.5. The summed E-state index contributed by atoms with van der Waals surface area (Å²) in [5, 5.41) is 24.0. The number of halogens is 1. The molecule has 0 atom stereocenters. The SMILES string of the molecule is CCCc1c(Cc2ccc(-c3ccccc3C#N)c(F)c2)c(=O)n([C@H]2CC[C@H](OCC(C)(C)O)CC2)c2ncnn12. The minimum Gasteiger partial charge on any atom is -0.388 e. The van der Waals surface area contributed by atoms with Gasteiger partial charge in [0.1, 0.15) is 12.1 Å². The number of aromatic nitrogens is 4. The number of aliphatic hydroxyl groups is 1. The van der Waals surface area contributed by atoms with Gasteiger partial charge in [0.15, 0.2) is 0 Å². The number of nitrogens with zero attached hydrogens (tertiary/aromatic N) is 5. The van der Waals surface area contributed by atoms with Crippen LogP contribution in [0.25, 0.3) is 16.9 Å². The van der Waals surface area contributed by atoms with Gasteiger partial charge in [-0.25, -0.2) is 8.91 Å². The lowest BCUT2D eigenvalue weighted by atomic mass is 9.92. The van der Waals surface area contributed by atoms with Crippen LogP contribution in [0.5, 0.6) is 0 Å². The summed E-state index contributed by atoms with van der Waals surface area (Å²) >= 11 is 0. The van der Waals surface area contributed by atoms with Crippen LogP contribution in [0.3, 0.4) is 0 Å². The normalized spacial score (nSPS) is 17.6. The molecule has 214 valence electrons. The molecule has 5 rings (SSSR count). The van der Waals surface area contributed by atoms with Gasteiger partial charge < -0.3 is 9.84 Å². The molecular weight excluding hydrogens is 521 g/mol. The predicted octanol–water partition coefficient (Wildman–Crippen LogP) is 5.38. The molecule has 0 bridgehead atoms. The van der Waals surface area contributed by atoms with Crippen LogP contribution in [0.15, 0.2) is 53.6 Å². The maximum absolute atomic E-state index is 15.4. The summed E-state index contributed by atoms with van der Waals surface area (Å²) in [7, 11) is 0. The number of benzene rings is 2. The Labute approximate surface area is 239 Å². The number of fused-ring (bicyclic) bond motifs is 1. The Kier molecular flexibility index (Phi) is 8.34. The van der Waals surface area contributed by atoms with Crippen molar-refractivity contribution in [3.63, 3.8) is 0 Å². The van der Waals surface area contributed by atoms with E-state index in [0.717, 1.165) is 37.8 Å². The summed E-state index contributed by atoms with van der Waals surface area (Å²) in [6.45, 7) is 5.77. The monoisotopic (exact) mass is 557 g/mol. The molecule has 8 nitrogen and oxygen atoms in total. The highest BCUT2D eigenvalue weighted by atomic mass is 19.1. The molecule has 9 heteroatoms. The van der Waals surface area contributed by atoms with E-state index in [0.29, 0.717) is 40.0 Å². The minimum absolute atomic E-state index is 0.0359. The molecule has 2 heterocycles. The van der Waals surface area contributed by atoms with Crippen LogP contribution in [0.2, 0.25) is 0 Å². The molecule has 0 aliphatic heterocycles. The van der Waals surface area contributed by atoms with Crippen LogP contribution >= 0.6 is 0 Å². The van der Waals surface area contributed by atoms with Crippen molar-refractivity contribution in [1.82, 2.24) is 19.2 Å². The highest BCUT2D eigenvalue weighted by Crippen LogP contribution is 2.32. The van der Waals surface area contributed by atoms with E-state index in [1.807, 2.05) is 13.0 Å². The fourth-order valence-corrected chi connectivity index (χ4v) is 5.78. The molecule has 4 aromatic rings. The van der Waals surface area contributed by atoms with Crippen molar-refractivity contribution in [3.05, 3.63) is 87.3 Å². The maximum atomic E-state index is 15.4. The molecule has 2 aromatic carbocycles. The van der Waals surface area contributed by atoms with Crippen LogP contribution in [-0.2, 0) is 17.6 Å². The number of hydrogen-bond donors (Lipinski definition) is 1. The molecule has 0 spiro atoms. The summed E-state index contributed by atoms with van der Waals surface area (Å²) < 4.78 is 24.9.